The maximum absolute atomic E-state index is 10.7. The topological polar surface area (TPSA) is 69.6 Å². The van der Waals surface area contributed by atoms with E-state index in [0.29, 0.717) is 25.8 Å². The van der Waals surface area contributed by atoms with Crippen LogP contribution < -0.4 is 5.32 Å². The van der Waals surface area contributed by atoms with E-state index in [1.54, 1.807) is 0 Å². The lowest BCUT2D eigenvalue weighted by Crippen LogP contribution is -2.46. The highest BCUT2D eigenvalue weighted by atomic mass is 16.4. The van der Waals surface area contributed by atoms with E-state index in [9.17, 15) is 9.90 Å². The molecule has 4 nitrogen and oxygen atoms in total. The molecule has 0 aliphatic heterocycles. The van der Waals surface area contributed by atoms with Crippen LogP contribution in [-0.4, -0.2) is 34.4 Å². The lowest BCUT2D eigenvalue weighted by molar-refractivity contribution is -0.139. The Morgan fingerprint density at radius 1 is 1.36 bits per heavy atom. The third kappa shape index (κ3) is 4.07. The summed E-state index contributed by atoms with van der Waals surface area (Å²) in [5.41, 5.74) is -0.775. The van der Waals surface area contributed by atoms with Crippen LogP contribution in [0.25, 0.3) is 0 Å². The molecule has 0 spiro atoms. The Morgan fingerprint density at radius 2 is 1.86 bits per heavy atom. The fraction of sp³-hybridized carbons (Fsp3) is 0.900. The zero-order valence-electron chi connectivity index (χ0n) is 9.21. The average molecular weight is 203 g/mol. The van der Waals surface area contributed by atoms with Crippen molar-refractivity contribution in [1.29, 1.82) is 0 Å². The fourth-order valence-electron chi connectivity index (χ4n) is 1.22. The Labute approximate surface area is 85.3 Å². The number of carbonyl (C=O) groups is 1. The van der Waals surface area contributed by atoms with E-state index in [-0.39, 0.29) is 0 Å². The second kappa shape index (κ2) is 5.98. The minimum absolute atomic E-state index is 0.338. The molecule has 0 rings (SSSR count). The molecule has 0 fully saturated rings. The Morgan fingerprint density at radius 3 is 2.14 bits per heavy atom. The predicted octanol–water partition coefficient (Wildman–Crippen LogP) is 0.990. The Hall–Kier alpha value is -0.610. The highest BCUT2D eigenvalue weighted by molar-refractivity contribution is 5.73. The van der Waals surface area contributed by atoms with E-state index in [4.69, 9.17) is 5.11 Å². The first-order valence-electron chi connectivity index (χ1n) is 5.17. The van der Waals surface area contributed by atoms with Crippen LogP contribution in [0.1, 0.15) is 40.0 Å². The van der Waals surface area contributed by atoms with Gasteiger partial charge in [-0.25, -0.2) is 0 Å². The summed E-state index contributed by atoms with van der Waals surface area (Å²) in [6.45, 7) is 5.94. The van der Waals surface area contributed by atoms with Crippen LogP contribution in [0.3, 0.4) is 0 Å². The molecule has 4 heteroatoms. The van der Waals surface area contributed by atoms with Crippen LogP contribution in [0.15, 0.2) is 0 Å². The number of carboxylic acid groups (broad SMARTS) is 1. The van der Waals surface area contributed by atoms with Gasteiger partial charge in [0.25, 0.3) is 0 Å². The van der Waals surface area contributed by atoms with Crippen molar-refractivity contribution in [3.05, 3.63) is 0 Å². The molecule has 0 aromatic rings. The quantitative estimate of drug-likeness (QED) is 0.577. The van der Waals surface area contributed by atoms with Gasteiger partial charge < -0.3 is 15.5 Å². The monoisotopic (exact) mass is 203 g/mol. The molecule has 84 valence electrons. The molecule has 0 bridgehead atoms. The van der Waals surface area contributed by atoms with E-state index < -0.39 is 17.6 Å². The molecule has 0 aliphatic rings. The number of aliphatic carboxylic acids is 1. The van der Waals surface area contributed by atoms with E-state index in [1.165, 1.54) is 0 Å². The first-order valence-corrected chi connectivity index (χ1v) is 5.17. The van der Waals surface area contributed by atoms with Crippen molar-refractivity contribution in [2.75, 3.05) is 6.54 Å². The first-order chi connectivity index (χ1) is 6.49. The molecule has 0 saturated carbocycles. The second-order valence-corrected chi connectivity index (χ2v) is 3.61. The summed E-state index contributed by atoms with van der Waals surface area (Å²) in [5, 5.41) is 21.5. The van der Waals surface area contributed by atoms with Gasteiger partial charge in [0.1, 0.15) is 6.04 Å². The number of nitrogens with one attached hydrogen (secondary N) is 1. The normalized spacial score (nSPS) is 14.0. The minimum atomic E-state index is -0.859. The maximum atomic E-state index is 10.7. The van der Waals surface area contributed by atoms with E-state index in [0.717, 1.165) is 0 Å². The Balaban J connectivity index is 4.07. The Kier molecular flexibility index (Phi) is 5.72. The minimum Gasteiger partial charge on any atom is -0.480 e. The van der Waals surface area contributed by atoms with Gasteiger partial charge in [-0.1, -0.05) is 20.8 Å². The predicted molar refractivity (Wildman–Crippen MR) is 55.2 cm³/mol. The molecule has 1 unspecified atom stereocenters. The van der Waals surface area contributed by atoms with Crippen molar-refractivity contribution in [3.63, 3.8) is 0 Å². The van der Waals surface area contributed by atoms with E-state index >= 15 is 0 Å². The SMILES string of the molecule is CCC(NCC(O)(CC)CC)C(=O)O. The highest BCUT2D eigenvalue weighted by Crippen LogP contribution is 2.13. The van der Waals surface area contributed by atoms with Gasteiger partial charge in [0.15, 0.2) is 0 Å². The molecule has 0 radical (unpaired) electrons. The van der Waals surface area contributed by atoms with Gasteiger partial charge in [-0.3, -0.25) is 4.79 Å². The number of hydrogen-bond acceptors (Lipinski definition) is 3. The number of hydrogen-bond donors (Lipinski definition) is 3. The number of aliphatic hydroxyl groups is 1. The van der Waals surface area contributed by atoms with Crippen LogP contribution in [0.4, 0.5) is 0 Å². The molecule has 3 N–H and O–H groups in total. The molecular weight excluding hydrogens is 182 g/mol. The molecular formula is C10H21NO3. The summed E-state index contributed by atoms with van der Waals surface area (Å²) in [5.74, 6) is -0.859. The maximum Gasteiger partial charge on any atom is 0.320 e. The summed E-state index contributed by atoms with van der Waals surface area (Å²) >= 11 is 0. The van der Waals surface area contributed by atoms with Crippen molar-refractivity contribution in [3.8, 4) is 0 Å². The lowest BCUT2D eigenvalue weighted by atomic mass is 9.97. The number of carboxylic acids is 1. The average Bonchev–Trinajstić information content (AvgIpc) is 2.18. The fourth-order valence-corrected chi connectivity index (χ4v) is 1.22. The van der Waals surface area contributed by atoms with Crippen LogP contribution >= 0.6 is 0 Å². The van der Waals surface area contributed by atoms with Gasteiger partial charge in [-0.15, -0.1) is 0 Å². The smallest absolute Gasteiger partial charge is 0.320 e. The standard InChI is InChI=1S/C10H21NO3/c1-4-8(9(12)13)11-7-10(14,5-2)6-3/h8,11,14H,4-7H2,1-3H3,(H,12,13). The molecule has 0 heterocycles. The summed E-state index contributed by atoms with van der Waals surface area (Å²) in [4.78, 5) is 10.7. The van der Waals surface area contributed by atoms with Crippen LogP contribution in [0.5, 0.6) is 0 Å². The molecule has 0 saturated heterocycles. The summed E-state index contributed by atoms with van der Waals surface area (Å²) < 4.78 is 0. The van der Waals surface area contributed by atoms with Crippen molar-refractivity contribution in [2.45, 2.75) is 51.7 Å². The largest absolute Gasteiger partial charge is 0.480 e. The third-order valence-corrected chi connectivity index (χ3v) is 2.70. The first kappa shape index (κ1) is 13.4. The summed E-state index contributed by atoms with van der Waals surface area (Å²) in [6.07, 6.45) is 1.79. The lowest BCUT2D eigenvalue weighted by Gasteiger charge is -2.27. The van der Waals surface area contributed by atoms with Crippen molar-refractivity contribution < 1.29 is 15.0 Å². The highest BCUT2D eigenvalue weighted by Gasteiger charge is 2.24. The van der Waals surface area contributed by atoms with E-state index in [2.05, 4.69) is 5.32 Å². The zero-order chi connectivity index (χ0) is 11.2. The van der Waals surface area contributed by atoms with Crippen molar-refractivity contribution >= 4 is 5.97 Å². The Bertz CT molecular complexity index is 178. The van der Waals surface area contributed by atoms with Crippen molar-refractivity contribution in [1.82, 2.24) is 5.32 Å². The zero-order valence-corrected chi connectivity index (χ0v) is 9.21. The third-order valence-electron chi connectivity index (χ3n) is 2.70. The van der Waals surface area contributed by atoms with Gasteiger partial charge in [-0.05, 0) is 19.3 Å². The molecule has 1 atom stereocenters. The number of rotatable bonds is 7. The van der Waals surface area contributed by atoms with Crippen molar-refractivity contribution in [2.24, 2.45) is 0 Å². The van der Waals surface area contributed by atoms with Gasteiger partial charge in [0, 0.05) is 6.54 Å². The molecule has 14 heavy (non-hydrogen) atoms. The van der Waals surface area contributed by atoms with Gasteiger partial charge in [-0.2, -0.15) is 0 Å². The van der Waals surface area contributed by atoms with Crippen LogP contribution in [0.2, 0.25) is 0 Å². The van der Waals surface area contributed by atoms with Crippen LogP contribution in [-0.2, 0) is 4.79 Å². The van der Waals surface area contributed by atoms with Gasteiger partial charge in [0.2, 0.25) is 0 Å². The molecule has 0 aromatic heterocycles. The second-order valence-electron chi connectivity index (χ2n) is 3.61. The molecule has 0 aliphatic carbocycles. The van der Waals surface area contributed by atoms with Gasteiger partial charge in [0.05, 0.1) is 5.60 Å². The molecule has 0 aromatic carbocycles. The summed E-state index contributed by atoms with van der Waals surface area (Å²) in [6, 6.07) is -0.556. The van der Waals surface area contributed by atoms with E-state index in [1.807, 2.05) is 20.8 Å². The van der Waals surface area contributed by atoms with Gasteiger partial charge >= 0.3 is 5.97 Å². The van der Waals surface area contributed by atoms with Crippen LogP contribution in [0, 0.1) is 0 Å². The summed E-state index contributed by atoms with van der Waals surface area (Å²) in [7, 11) is 0. The molecule has 0 amide bonds.